The maximum atomic E-state index is 10.3. The third kappa shape index (κ3) is 3.77. The van der Waals surface area contributed by atoms with Crippen LogP contribution in [0.4, 0.5) is 5.69 Å². The number of hydrogen-bond donors (Lipinski definition) is 1. The minimum absolute atomic E-state index is 0.0764. The molecule has 0 amide bonds. The van der Waals surface area contributed by atoms with Crippen LogP contribution in [0.1, 0.15) is 12.5 Å². The lowest BCUT2D eigenvalue weighted by Gasteiger charge is -2.07. The van der Waals surface area contributed by atoms with Gasteiger partial charge in [0.25, 0.3) is 0 Å². The van der Waals surface area contributed by atoms with E-state index in [0.717, 1.165) is 15.6 Å². The van der Waals surface area contributed by atoms with Crippen molar-refractivity contribution in [1.29, 1.82) is 0 Å². The van der Waals surface area contributed by atoms with Crippen LogP contribution in [-0.2, 0) is 0 Å². The molecule has 0 spiro atoms. The maximum Gasteiger partial charge on any atom is 0.227 e. The number of phenolic OH excluding ortho intramolecular Hbond substituents is 1. The molecular weight excluding hydrogens is 420 g/mol. The van der Waals surface area contributed by atoms with Gasteiger partial charge in [-0.3, -0.25) is 4.99 Å². The number of ether oxygens (including phenoxy) is 1. The zero-order valence-electron chi connectivity index (χ0n) is 15.1. The van der Waals surface area contributed by atoms with E-state index in [1.807, 2.05) is 55.5 Å². The Hall–Kier alpha value is -3.12. The molecule has 0 aliphatic carbocycles. The van der Waals surface area contributed by atoms with Crippen LogP contribution in [0.5, 0.6) is 11.5 Å². The van der Waals surface area contributed by atoms with Crippen LogP contribution in [0.25, 0.3) is 22.6 Å². The summed E-state index contributed by atoms with van der Waals surface area (Å²) in [6.45, 7) is 2.35. The van der Waals surface area contributed by atoms with Crippen LogP contribution in [0, 0.1) is 0 Å². The summed E-state index contributed by atoms with van der Waals surface area (Å²) in [5, 5.41) is 10.3. The van der Waals surface area contributed by atoms with Crippen LogP contribution in [-0.4, -0.2) is 22.9 Å². The van der Waals surface area contributed by atoms with Crippen molar-refractivity contribution < 1.29 is 14.3 Å². The normalized spacial score (nSPS) is 11.4. The smallest absolute Gasteiger partial charge is 0.227 e. The van der Waals surface area contributed by atoms with E-state index < -0.39 is 0 Å². The van der Waals surface area contributed by atoms with Gasteiger partial charge in [0, 0.05) is 21.8 Å². The highest BCUT2D eigenvalue weighted by atomic mass is 79.9. The van der Waals surface area contributed by atoms with Crippen LogP contribution >= 0.6 is 15.9 Å². The van der Waals surface area contributed by atoms with Gasteiger partial charge in [0.2, 0.25) is 5.89 Å². The minimum atomic E-state index is 0.0764. The Balaban J connectivity index is 1.63. The number of aliphatic imine (C=N–C) groups is 1. The molecule has 0 unspecified atom stereocenters. The number of aromatic hydroxyl groups is 1. The van der Waals surface area contributed by atoms with Crippen molar-refractivity contribution in [3.63, 3.8) is 0 Å². The van der Waals surface area contributed by atoms with Gasteiger partial charge in [-0.25, -0.2) is 4.98 Å². The molecular formula is C22H17BrN2O3. The quantitative estimate of drug-likeness (QED) is 0.383. The molecule has 0 saturated carbocycles. The summed E-state index contributed by atoms with van der Waals surface area (Å²) in [4.78, 5) is 9.02. The van der Waals surface area contributed by atoms with E-state index in [2.05, 4.69) is 25.9 Å². The van der Waals surface area contributed by atoms with Gasteiger partial charge in [0.1, 0.15) is 5.52 Å². The van der Waals surface area contributed by atoms with Gasteiger partial charge in [-0.05, 0) is 55.5 Å². The Kier molecular flexibility index (Phi) is 5.12. The summed E-state index contributed by atoms with van der Waals surface area (Å²) >= 11 is 3.46. The number of benzene rings is 3. The predicted octanol–water partition coefficient (Wildman–Crippen LogP) is 6.11. The fraction of sp³-hybridized carbons (Fsp3) is 0.0909. The van der Waals surface area contributed by atoms with Crippen LogP contribution in [0.3, 0.4) is 0 Å². The van der Waals surface area contributed by atoms with Crippen LogP contribution < -0.4 is 4.74 Å². The van der Waals surface area contributed by atoms with E-state index in [0.29, 0.717) is 35.1 Å². The number of para-hydroxylation sites is 1. The fourth-order valence-electron chi connectivity index (χ4n) is 2.80. The fourth-order valence-corrected chi connectivity index (χ4v) is 3.20. The molecule has 4 rings (SSSR count). The molecule has 0 atom stereocenters. The molecule has 28 heavy (non-hydrogen) atoms. The molecule has 1 N–H and O–H groups in total. The first kappa shape index (κ1) is 18.3. The first-order valence-electron chi connectivity index (χ1n) is 8.79. The molecule has 0 bridgehead atoms. The Morgan fingerprint density at radius 2 is 2.00 bits per heavy atom. The maximum absolute atomic E-state index is 10.3. The molecule has 0 saturated heterocycles. The van der Waals surface area contributed by atoms with Crippen molar-refractivity contribution in [2.45, 2.75) is 6.92 Å². The summed E-state index contributed by atoms with van der Waals surface area (Å²) in [5.74, 6) is 1.07. The number of aromatic nitrogens is 1. The van der Waals surface area contributed by atoms with Crippen molar-refractivity contribution in [1.82, 2.24) is 4.98 Å². The highest BCUT2D eigenvalue weighted by Gasteiger charge is 2.09. The lowest BCUT2D eigenvalue weighted by atomic mass is 10.2. The third-order valence-electron chi connectivity index (χ3n) is 4.13. The molecule has 0 aliphatic heterocycles. The topological polar surface area (TPSA) is 67.9 Å². The average molecular weight is 437 g/mol. The highest BCUT2D eigenvalue weighted by molar-refractivity contribution is 9.10. The zero-order valence-corrected chi connectivity index (χ0v) is 16.7. The van der Waals surface area contributed by atoms with E-state index in [4.69, 9.17) is 9.15 Å². The summed E-state index contributed by atoms with van der Waals surface area (Å²) in [7, 11) is 0. The van der Waals surface area contributed by atoms with E-state index in [-0.39, 0.29) is 5.75 Å². The van der Waals surface area contributed by atoms with Crippen LogP contribution in [0.15, 0.2) is 74.5 Å². The lowest BCUT2D eigenvalue weighted by molar-refractivity contribution is 0.318. The van der Waals surface area contributed by atoms with Gasteiger partial charge in [0.15, 0.2) is 17.1 Å². The molecule has 0 fully saturated rings. The Bertz CT molecular complexity index is 1170. The summed E-state index contributed by atoms with van der Waals surface area (Å²) in [6, 6.07) is 18.6. The SMILES string of the molecule is CCOc1cccc(C=Nc2ccc3oc(-c4cccc(Br)c4)nc3c2)c1O. The number of fused-ring (bicyclic) bond motifs is 1. The van der Waals surface area contributed by atoms with Gasteiger partial charge >= 0.3 is 0 Å². The minimum Gasteiger partial charge on any atom is -0.504 e. The second-order valence-corrected chi connectivity index (χ2v) is 6.98. The van der Waals surface area contributed by atoms with E-state index in [1.54, 1.807) is 18.3 Å². The van der Waals surface area contributed by atoms with Crippen molar-refractivity contribution in [2.75, 3.05) is 6.61 Å². The summed E-state index contributed by atoms with van der Waals surface area (Å²) < 4.78 is 12.2. The molecule has 6 heteroatoms. The Morgan fingerprint density at radius 3 is 2.82 bits per heavy atom. The predicted molar refractivity (Wildman–Crippen MR) is 114 cm³/mol. The van der Waals surface area contributed by atoms with E-state index >= 15 is 0 Å². The van der Waals surface area contributed by atoms with Crippen molar-refractivity contribution in [2.24, 2.45) is 4.99 Å². The van der Waals surface area contributed by atoms with Gasteiger partial charge in [-0.15, -0.1) is 0 Å². The van der Waals surface area contributed by atoms with Gasteiger partial charge in [0.05, 0.1) is 12.3 Å². The standard InChI is InChI=1S/C22H17BrN2O3/c1-2-27-20-8-4-6-15(21(20)26)13-24-17-9-10-19-18(12-17)25-22(28-19)14-5-3-7-16(23)11-14/h3-13,26H,2H2,1H3. The lowest BCUT2D eigenvalue weighted by Crippen LogP contribution is -1.93. The number of hydrogen-bond acceptors (Lipinski definition) is 5. The number of phenols is 1. The number of oxazole rings is 1. The molecule has 140 valence electrons. The highest BCUT2D eigenvalue weighted by Crippen LogP contribution is 2.30. The average Bonchev–Trinajstić information content (AvgIpc) is 3.12. The third-order valence-corrected chi connectivity index (χ3v) is 4.62. The molecule has 1 aromatic heterocycles. The van der Waals surface area contributed by atoms with Gasteiger partial charge in [-0.2, -0.15) is 0 Å². The van der Waals surface area contributed by atoms with Crippen molar-refractivity contribution in [3.8, 4) is 23.0 Å². The largest absolute Gasteiger partial charge is 0.504 e. The number of rotatable bonds is 5. The second kappa shape index (κ2) is 7.86. The Morgan fingerprint density at radius 1 is 1.14 bits per heavy atom. The van der Waals surface area contributed by atoms with Crippen molar-refractivity contribution in [3.05, 3.63) is 70.7 Å². The number of nitrogens with zero attached hydrogens (tertiary/aromatic N) is 2. The summed E-state index contributed by atoms with van der Waals surface area (Å²) in [5.41, 5.74) is 3.60. The van der Waals surface area contributed by atoms with Crippen LogP contribution in [0.2, 0.25) is 0 Å². The molecule has 5 nitrogen and oxygen atoms in total. The monoisotopic (exact) mass is 436 g/mol. The molecule has 3 aromatic carbocycles. The summed E-state index contributed by atoms with van der Waals surface area (Å²) in [6.07, 6.45) is 1.61. The van der Waals surface area contributed by atoms with E-state index in [1.165, 1.54) is 0 Å². The first-order chi connectivity index (χ1) is 13.6. The molecule has 1 heterocycles. The van der Waals surface area contributed by atoms with Gasteiger partial charge in [-0.1, -0.05) is 28.1 Å². The number of halogens is 1. The molecule has 0 aliphatic rings. The Labute approximate surface area is 170 Å². The van der Waals surface area contributed by atoms with E-state index in [9.17, 15) is 5.11 Å². The first-order valence-corrected chi connectivity index (χ1v) is 9.58. The van der Waals surface area contributed by atoms with Gasteiger partial charge < -0.3 is 14.3 Å². The van der Waals surface area contributed by atoms with Crippen molar-refractivity contribution >= 4 is 38.9 Å². The molecule has 0 radical (unpaired) electrons. The zero-order chi connectivity index (χ0) is 19.5. The second-order valence-electron chi connectivity index (χ2n) is 6.07. The molecule has 4 aromatic rings.